The average Bonchev–Trinajstić information content (AvgIpc) is 3.30. The number of nitrogens with zero attached hydrogens (tertiary/aromatic N) is 6. The Kier molecular flexibility index (Phi) is 4.15. The molecule has 0 saturated carbocycles. The largest absolute Gasteiger partial charge is 0.353 e. The lowest BCUT2D eigenvalue weighted by Crippen LogP contribution is -2.47. The fraction of sp³-hybridized carbons (Fsp3) is 0.500. The van der Waals surface area contributed by atoms with Crippen molar-refractivity contribution in [2.45, 2.75) is 26.3 Å². The summed E-state index contributed by atoms with van der Waals surface area (Å²) in [4.78, 5) is 18.0. The van der Waals surface area contributed by atoms with Gasteiger partial charge in [0.25, 0.3) is 0 Å². The number of piperazine rings is 1. The van der Waals surface area contributed by atoms with Gasteiger partial charge in [-0.05, 0) is 18.4 Å². The van der Waals surface area contributed by atoms with Crippen molar-refractivity contribution in [2.24, 2.45) is 0 Å². The minimum Gasteiger partial charge on any atom is -0.353 e. The molecule has 1 saturated heterocycles. The Balaban J connectivity index is 1.45. The third-order valence-corrected chi connectivity index (χ3v) is 5.44. The zero-order valence-corrected chi connectivity index (χ0v) is 14.7. The molecule has 24 heavy (non-hydrogen) atoms. The number of anilines is 1. The van der Waals surface area contributed by atoms with E-state index in [9.17, 15) is 0 Å². The van der Waals surface area contributed by atoms with Crippen LogP contribution in [0.25, 0.3) is 10.2 Å². The molecule has 0 radical (unpaired) electrons. The topological polar surface area (TPSA) is 71.2 Å². The van der Waals surface area contributed by atoms with Gasteiger partial charge >= 0.3 is 0 Å². The summed E-state index contributed by atoms with van der Waals surface area (Å²) < 4.78 is 6.56. The van der Waals surface area contributed by atoms with Crippen LogP contribution in [0.4, 0.5) is 5.82 Å². The first kappa shape index (κ1) is 15.5. The van der Waals surface area contributed by atoms with E-state index in [-0.39, 0.29) is 6.04 Å². The first-order valence-corrected chi connectivity index (χ1v) is 9.14. The highest BCUT2D eigenvalue weighted by molar-refractivity contribution is 7.17. The monoisotopic (exact) mass is 344 g/mol. The van der Waals surface area contributed by atoms with E-state index in [2.05, 4.69) is 42.2 Å². The van der Waals surface area contributed by atoms with Crippen molar-refractivity contribution < 1.29 is 4.52 Å². The molecule has 4 rings (SSSR count). The summed E-state index contributed by atoms with van der Waals surface area (Å²) >= 11 is 1.70. The summed E-state index contributed by atoms with van der Waals surface area (Å²) in [7, 11) is 0. The number of hydrogen-bond acceptors (Lipinski definition) is 8. The molecule has 0 bridgehead atoms. The van der Waals surface area contributed by atoms with Gasteiger partial charge in [-0.15, -0.1) is 11.3 Å². The van der Waals surface area contributed by atoms with Gasteiger partial charge < -0.3 is 9.42 Å². The molecular weight excluding hydrogens is 324 g/mol. The number of thiophene rings is 1. The summed E-state index contributed by atoms with van der Waals surface area (Å²) in [6.45, 7) is 7.92. The van der Waals surface area contributed by atoms with Crippen molar-refractivity contribution in [1.82, 2.24) is 25.0 Å². The summed E-state index contributed by atoms with van der Waals surface area (Å²) in [5, 5.41) is 6.07. The smallest absolute Gasteiger partial charge is 0.243 e. The molecule has 0 unspecified atom stereocenters. The van der Waals surface area contributed by atoms with Gasteiger partial charge in [-0.2, -0.15) is 4.98 Å². The zero-order chi connectivity index (χ0) is 16.5. The van der Waals surface area contributed by atoms with Crippen LogP contribution in [0, 0.1) is 0 Å². The predicted molar refractivity (Wildman–Crippen MR) is 93.3 cm³/mol. The third-order valence-electron chi connectivity index (χ3n) is 4.54. The minimum atomic E-state index is 0.145. The number of aromatic nitrogens is 4. The number of rotatable bonds is 4. The molecule has 1 aliphatic heterocycles. The summed E-state index contributed by atoms with van der Waals surface area (Å²) in [5.41, 5.74) is 1.03. The SMILES string of the molecule is CCc1noc([C@@H](C)N2CCN(c3ncnc4ccsc34)CC2)n1. The Morgan fingerprint density at radius 2 is 2.08 bits per heavy atom. The highest BCUT2D eigenvalue weighted by Crippen LogP contribution is 2.29. The van der Waals surface area contributed by atoms with Crippen LogP contribution in [-0.4, -0.2) is 51.2 Å². The zero-order valence-electron chi connectivity index (χ0n) is 13.8. The predicted octanol–water partition coefficient (Wildman–Crippen LogP) is 2.52. The number of aryl methyl sites for hydroxylation is 1. The van der Waals surface area contributed by atoms with Crippen molar-refractivity contribution in [3.8, 4) is 0 Å². The van der Waals surface area contributed by atoms with E-state index in [4.69, 9.17) is 4.52 Å². The van der Waals surface area contributed by atoms with Gasteiger partial charge in [0.05, 0.1) is 16.3 Å². The highest BCUT2D eigenvalue weighted by atomic mass is 32.1. The van der Waals surface area contributed by atoms with Gasteiger partial charge in [-0.3, -0.25) is 4.90 Å². The van der Waals surface area contributed by atoms with Gasteiger partial charge in [0.1, 0.15) is 12.1 Å². The van der Waals surface area contributed by atoms with E-state index in [1.54, 1.807) is 17.7 Å². The Labute approximate surface area is 144 Å². The molecular formula is C16H20N6OS. The molecule has 0 N–H and O–H groups in total. The maximum absolute atomic E-state index is 5.39. The van der Waals surface area contributed by atoms with Crippen LogP contribution in [0.5, 0.6) is 0 Å². The quantitative estimate of drug-likeness (QED) is 0.720. The van der Waals surface area contributed by atoms with E-state index in [0.717, 1.165) is 49.8 Å². The Morgan fingerprint density at radius 1 is 1.25 bits per heavy atom. The second-order valence-electron chi connectivity index (χ2n) is 5.93. The minimum absolute atomic E-state index is 0.145. The van der Waals surface area contributed by atoms with Crippen LogP contribution >= 0.6 is 11.3 Å². The Bertz CT molecular complexity index is 823. The van der Waals surface area contributed by atoms with Crippen LogP contribution in [0.1, 0.15) is 31.6 Å². The van der Waals surface area contributed by atoms with E-state index in [1.807, 2.05) is 13.0 Å². The molecule has 1 fully saturated rings. The fourth-order valence-corrected chi connectivity index (χ4v) is 3.92. The molecule has 126 valence electrons. The maximum atomic E-state index is 5.39. The van der Waals surface area contributed by atoms with Crippen molar-refractivity contribution in [2.75, 3.05) is 31.1 Å². The maximum Gasteiger partial charge on any atom is 0.243 e. The van der Waals surface area contributed by atoms with Gasteiger partial charge in [-0.25, -0.2) is 9.97 Å². The van der Waals surface area contributed by atoms with Crippen molar-refractivity contribution in [1.29, 1.82) is 0 Å². The number of fused-ring (bicyclic) bond motifs is 1. The van der Waals surface area contributed by atoms with Gasteiger partial charge in [0.15, 0.2) is 5.82 Å². The first-order chi connectivity index (χ1) is 11.8. The van der Waals surface area contributed by atoms with Crippen molar-refractivity contribution in [3.05, 3.63) is 29.5 Å². The normalized spacial score (nSPS) is 17.5. The van der Waals surface area contributed by atoms with Crippen LogP contribution in [-0.2, 0) is 6.42 Å². The molecule has 0 spiro atoms. The summed E-state index contributed by atoms with van der Waals surface area (Å²) in [5.74, 6) is 2.54. The molecule has 8 heteroatoms. The molecule has 3 aromatic heterocycles. The van der Waals surface area contributed by atoms with E-state index in [0.29, 0.717) is 5.89 Å². The Hall–Kier alpha value is -2.06. The summed E-state index contributed by atoms with van der Waals surface area (Å²) in [6.07, 6.45) is 2.46. The molecule has 1 aliphatic rings. The molecule has 4 heterocycles. The van der Waals surface area contributed by atoms with Gasteiger partial charge in [-0.1, -0.05) is 12.1 Å². The second-order valence-corrected chi connectivity index (χ2v) is 6.85. The van der Waals surface area contributed by atoms with Crippen LogP contribution < -0.4 is 4.90 Å². The van der Waals surface area contributed by atoms with Gasteiger partial charge in [0.2, 0.25) is 5.89 Å². The van der Waals surface area contributed by atoms with Crippen molar-refractivity contribution in [3.63, 3.8) is 0 Å². The molecule has 0 aromatic carbocycles. The molecule has 3 aromatic rings. The molecule has 0 aliphatic carbocycles. The fourth-order valence-electron chi connectivity index (χ4n) is 3.06. The average molecular weight is 344 g/mol. The third kappa shape index (κ3) is 2.76. The first-order valence-electron chi connectivity index (χ1n) is 8.26. The lowest BCUT2D eigenvalue weighted by atomic mass is 10.2. The molecule has 7 nitrogen and oxygen atoms in total. The second kappa shape index (κ2) is 6.45. The van der Waals surface area contributed by atoms with Crippen LogP contribution in [0.2, 0.25) is 0 Å². The number of hydrogen-bond donors (Lipinski definition) is 0. The van der Waals surface area contributed by atoms with E-state index in [1.165, 1.54) is 4.70 Å². The molecule has 1 atom stereocenters. The summed E-state index contributed by atoms with van der Waals surface area (Å²) in [6, 6.07) is 2.19. The Morgan fingerprint density at radius 3 is 2.83 bits per heavy atom. The lowest BCUT2D eigenvalue weighted by Gasteiger charge is -2.37. The lowest BCUT2D eigenvalue weighted by molar-refractivity contribution is 0.164. The van der Waals surface area contributed by atoms with E-state index < -0.39 is 0 Å². The standard InChI is InChI=1S/C16H20N6OS/c1-3-13-19-16(23-20-13)11(2)21-5-7-22(8-6-21)15-14-12(4-9-24-14)17-10-18-15/h4,9-11H,3,5-8H2,1-2H3/t11-/m1/s1. The van der Waals surface area contributed by atoms with Crippen molar-refractivity contribution >= 4 is 27.4 Å². The highest BCUT2D eigenvalue weighted by Gasteiger charge is 2.27. The van der Waals surface area contributed by atoms with Crippen LogP contribution in [0.3, 0.4) is 0 Å². The van der Waals surface area contributed by atoms with E-state index >= 15 is 0 Å². The van der Waals surface area contributed by atoms with Crippen LogP contribution in [0.15, 0.2) is 22.3 Å². The molecule has 0 amide bonds. The van der Waals surface area contributed by atoms with Gasteiger partial charge in [0, 0.05) is 32.6 Å².